The van der Waals surface area contributed by atoms with Crippen molar-refractivity contribution in [3.63, 3.8) is 0 Å². The fraction of sp³-hybridized carbons (Fsp3) is 0.192. The summed E-state index contributed by atoms with van der Waals surface area (Å²) in [5.41, 5.74) is 1.89. The van der Waals surface area contributed by atoms with Crippen molar-refractivity contribution in [2.45, 2.75) is 18.9 Å². The molecule has 1 fully saturated rings. The average molecular weight is 444 g/mol. The molecule has 1 aliphatic heterocycles. The molecule has 1 heterocycles. The molecule has 0 unspecified atom stereocenters. The zero-order valence-corrected chi connectivity index (χ0v) is 18.0. The first kappa shape index (κ1) is 22.1. The summed E-state index contributed by atoms with van der Waals surface area (Å²) in [4.78, 5) is 40.2. The van der Waals surface area contributed by atoms with Crippen LogP contribution in [0.5, 0.6) is 5.75 Å². The lowest BCUT2D eigenvalue weighted by Crippen LogP contribution is -2.47. The Labute approximate surface area is 192 Å². The molecule has 1 aliphatic rings. The van der Waals surface area contributed by atoms with Gasteiger partial charge in [0.15, 0.2) is 0 Å². The summed E-state index contributed by atoms with van der Waals surface area (Å²) in [6, 6.07) is 24.1. The average Bonchev–Trinajstić information content (AvgIpc) is 3.23. The highest BCUT2D eigenvalue weighted by atomic mass is 16.3. The quantitative estimate of drug-likeness (QED) is 0.489. The number of benzene rings is 3. The number of hydrogen-bond donors (Lipinski definition) is 3. The summed E-state index contributed by atoms with van der Waals surface area (Å²) in [6.07, 6.45) is 0.356. The summed E-state index contributed by atoms with van der Waals surface area (Å²) in [5.74, 6) is -1.54. The lowest BCUT2D eigenvalue weighted by atomic mass is 10.0. The zero-order valence-electron chi connectivity index (χ0n) is 18.0. The van der Waals surface area contributed by atoms with Crippen LogP contribution in [-0.4, -0.2) is 35.4 Å². The van der Waals surface area contributed by atoms with Crippen LogP contribution in [0.4, 0.5) is 11.4 Å². The molecule has 0 aliphatic carbocycles. The number of amides is 3. The Balaban J connectivity index is 1.48. The molecular weight excluding hydrogens is 418 g/mol. The number of carbonyl (C=O) groups is 3. The van der Waals surface area contributed by atoms with Gasteiger partial charge in [0.1, 0.15) is 11.8 Å². The minimum atomic E-state index is -0.875. The van der Waals surface area contributed by atoms with Crippen molar-refractivity contribution in [3.05, 3.63) is 90.5 Å². The third-order valence-electron chi connectivity index (χ3n) is 5.64. The van der Waals surface area contributed by atoms with E-state index in [-0.39, 0.29) is 42.6 Å². The number of anilines is 2. The number of carbonyl (C=O) groups excluding carboxylic acids is 3. The molecule has 33 heavy (non-hydrogen) atoms. The third-order valence-corrected chi connectivity index (χ3v) is 5.64. The Morgan fingerprint density at radius 2 is 1.58 bits per heavy atom. The first-order valence-electron chi connectivity index (χ1n) is 10.8. The van der Waals surface area contributed by atoms with Crippen LogP contribution in [-0.2, 0) is 20.8 Å². The van der Waals surface area contributed by atoms with Gasteiger partial charge in [0.25, 0.3) is 0 Å². The number of hydrogen-bond acceptors (Lipinski definition) is 4. The molecule has 3 N–H and O–H groups in total. The van der Waals surface area contributed by atoms with Gasteiger partial charge in [0.2, 0.25) is 17.7 Å². The molecule has 3 aromatic rings. The molecule has 7 nitrogen and oxygen atoms in total. The highest BCUT2D eigenvalue weighted by Crippen LogP contribution is 2.25. The van der Waals surface area contributed by atoms with Crippen LogP contribution in [0.25, 0.3) is 0 Å². The molecule has 0 spiro atoms. The monoisotopic (exact) mass is 443 g/mol. The van der Waals surface area contributed by atoms with E-state index < -0.39 is 17.9 Å². The second-order valence-corrected chi connectivity index (χ2v) is 8.00. The molecule has 4 rings (SSSR count). The van der Waals surface area contributed by atoms with Crippen molar-refractivity contribution < 1.29 is 19.5 Å². The van der Waals surface area contributed by atoms with E-state index in [0.29, 0.717) is 0 Å². The maximum Gasteiger partial charge on any atom is 0.247 e. The number of aromatic hydroxyl groups is 1. The maximum atomic E-state index is 13.1. The van der Waals surface area contributed by atoms with Crippen LogP contribution >= 0.6 is 0 Å². The number of phenols is 1. The van der Waals surface area contributed by atoms with Crippen molar-refractivity contribution in [3.8, 4) is 5.75 Å². The van der Waals surface area contributed by atoms with Gasteiger partial charge in [0.05, 0.1) is 11.6 Å². The summed E-state index contributed by atoms with van der Waals surface area (Å²) in [7, 11) is 0. The molecule has 0 radical (unpaired) electrons. The van der Waals surface area contributed by atoms with Crippen molar-refractivity contribution >= 4 is 29.1 Å². The van der Waals surface area contributed by atoms with E-state index in [4.69, 9.17) is 0 Å². The molecule has 2 atom stereocenters. The van der Waals surface area contributed by atoms with Gasteiger partial charge in [-0.2, -0.15) is 0 Å². The second-order valence-electron chi connectivity index (χ2n) is 8.00. The fourth-order valence-electron chi connectivity index (χ4n) is 3.89. The maximum absolute atomic E-state index is 13.1. The van der Waals surface area contributed by atoms with Crippen LogP contribution in [0.15, 0.2) is 84.9 Å². The number of para-hydroxylation sites is 3. The molecule has 3 amide bonds. The Morgan fingerprint density at radius 3 is 2.27 bits per heavy atom. The first-order valence-corrected chi connectivity index (χ1v) is 10.8. The molecule has 168 valence electrons. The van der Waals surface area contributed by atoms with Crippen LogP contribution in [0.2, 0.25) is 0 Å². The molecule has 0 saturated carbocycles. The molecule has 1 saturated heterocycles. The van der Waals surface area contributed by atoms with Gasteiger partial charge in [-0.1, -0.05) is 60.7 Å². The van der Waals surface area contributed by atoms with Gasteiger partial charge >= 0.3 is 0 Å². The van der Waals surface area contributed by atoms with Crippen LogP contribution in [0, 0.1) is 5.92 Å². The Bertz CT molecular complexity index is 1130. The van der Waals surface area contributed by atoms with E-state index in [1.165, 1.54) is 6.07 Å². The summed E-state index contributed by atoms with van der Waals surface area (Å²) < 4.78 is 0. The van der Waals surface area contributed by atoms with Gasteiger partial charge in [-0.25, -0.2) is 0 Å². The zero-order chi connectivity index (χ0) is 23.2. The van der Waals surface area contributed by atoms with E-state index >= 15 is 0 Å². The summed E-state index contributed by atoms with van der Waals surface area (Å²) in [6.45, 7) is 0.258. The lowest BCUT2D eigenvalue weighted by Gasteiger charge is -2.21. The highest BCUT2D eigenvalue weighted by Gasteiger charge is 2.36. The van der Waals surface area contributed by atoms with E-state index in [1.54, 1.807) is 23.1 Å². The third kappa shape index (κ3) is 5.38. The number of nitrogens with one attached hydrogen (secondary N) is 2. The highest BCUT2D eigenvalue weighted by molar-refractivity contribution is 6.02. The van der Waals surface area contributed by atoms with Crippen molar-refractivity contribution in [1.82, 2.24) is 5.32 Å². The minimum absolute atomic E-state index is 0.0597. The van der Waals surface area contributed by atoms with Crippen molar-refractivity contribution in [2.24, 2.45) is 5.92 Å². The predicted molar refractivity (Wildman–Crippen MR) is 126 cm³/mol. The van der Waals surface area contributed by atoms with Crippen molar-refractivity contribution in [1.29, 1.82) is 0 Å². The smallest absolute Gasteiger partial charge is 0.247 e. The summed E-state index contributed by atoms with van der Waals surface area (Å²) in [5, 5.41) is 15.5. The van der Waals surface area contributed by atoms with Gasteiger partial charge in [0, 0.05) is 25.1 Å². The molecular formula is C26H25N3O4. The van der Waals surface area contributed by atoms with E-state index in [9.17, 15) is 19.5 Å². The normalized spacial score (nSPS) is 16.3. The lowest BCUT2D eigenvalue weighted by molar-refractivity contribution is -0.129. The SMILES string of the molecule is O=C(N[C@@H](Cc1ccccc1)C(=O)Nc1ccccc1O)[C@H]1CC(=O)N(c2ccccc2)C1. The largest absolute Gasteiger partial charge is 0.506 e. The molecule has 7 heteroatoms. The summed E-state index contributed by atoms with van der Waals surface area (Å²) >= 11 is 0. The van der Waals surface area contributed by atoms with Gasteiger partial charge in [-0.05, 0) is 29.8 Å². The predicted octanol–water partition coefficient (Wildman–Crippen LogP) is 3.11. The Morgan fingerprint density at radius 1 is 0.939 bits per heavy atom. The first-order chi connectivity index (χ1) is 16.0. The van der Waals surface area contributed by atoms with Gasteiger partial charge in [-0.3, -0.25) is 14.4 Å². The molecule has 3 aromatic carbocycles. The minimum Gasteiger partial charge on any atom is -0.506 e. The van der Waals surface area contributed by atoms with E-state index in [2.05, 4.69) is 10.6 Å². The Kier molecular flexibility index (Phi) is 6.69. The molecule has 0 aromatic heterocycles. The topological polar surface area (TPSA) is 98.7 Å². The van der Waals surface area contributed by atoms with Crippen LogP contribution in [0.3, 0.4) is 0 Å². The molecule has 0 bridgehead atoms. The number of nitrogens with zero attached hydrogens (tertiary/aromatic N) is 1. The number of phenolic OH excluding ortho intramolecular Hbond substituents is 1. The standard InChI is InChI=1S/C26H25N3O4/c30-23-14-8-7-13-21(23)27-26(33)22(15-18-9-3-1-4-10-18)28-25(32)19-16-24(31)29(17-19)20-11-5-2-6-12-20/h1-14,19,22,30H,15-17H2,(H,27,33)(H,28,32)/t19-,22-/m0/s1. The van der Waals surface area contributed by atoms with Crippen LogP contribution in [0.1, 0.15) is 12.0 Å². The second kappa shape index (κ2) is 9.99. The van der Waals surface area contributed by atoms with E-state index in [1.807, 2.05) is 60.7 Å². The van der Waals surface area contributed by atoms with Crippen molar-refractivity contribution in [2.75, 3.05) is 16.8 Å². The fourth-order valence-corrected chi connectivity index (χ4v) is 3.89. The van der Waals surface area contributed by atoms with Crippen LogP contribution < -0.4 is 15.5 Å². The van der Waals surface area contributed by atoms with Gasteiger partial charge < -0.3 is 20.6 Å². The van der Waals surface area contributed by atoms with Gasteiger partial charge in [-0.15, -0.1) is 0 Å². The van der Waals surface area contributed by atoms with E-state index in [0.717, 1.165) is 11.3 Å². The Hall–Kier alpha value is -4.13. The number of rotatable bonds is 7.